The lowest BCUT2D eigenvalue weighted by atomic mass is 9.73. The van der Waals surface area contributed by atoms with E-state index in [0.29, 0.717) is 39.5 Å². The van der Waals surface area contributed by atoms with E-state index in [2.05, 4.69) is 14.9 Å². The quantitative estimate of drug-likeness (QED) is 0.376. The molecule has 0 bridgehead atoms. The van der Waals surface area contributed by atoms with Crippen molar-refractivity contribution in [1.29, 1.82) is 0 Å². The molecule has 2 saturated heterocycles. The number of likely N-dealkylation sites (tertiary alicyclic amines) is 1. The molecule has 3 aliphatic heterocycles. The minimum Gasteiger partial charge on any atom is -0.385 e. The van der Waals surface area contributed by atoms with Crippen molar-refractivity contribution in [3.8, 4) is 0 Å². The largest absolute Gasteiger partial charge is 0.385 e. The Labute approximate surface area is 254 Å². The molecule has 1 aromatic heterocycles. The van der Waals surface area contributed by atoms with Gasteiger partial charge in [-0.3, -0.25) is 14.6 Å². The lowest BCUT2D eigenvalue weighted by Crippen LogP contribution is -2.53. The molecule has 6 rings (SSSR count). The highest BCUT2D eigenvalue weighted by atomic mass is 35.5. The second-order valence-corrected chi connectivity index (χ2v) is 12.1. The molecular formula is C31H33Cl2FN4O4. The van der Waals surface area contributed by atoms with Crippen molar-refractivity contribution in [3.63, 3.8) is 0 Å². The van der Waals surface area contributed by atoms with Crippen LogP contribution in [0, 0.1) is 11.7 Å². The molecule has 8 nitrogen and oxygen atoms in total. The minimum absolute atomic E-state index is 0.0721. The van der Waals surface area contributed by atoms with Gasteiger partial charge in [-0.05, 0) is 68.1 Å². The number of rotatable bonds is 8. The van der Waals surface area contributed by atoms with Crippen molar-refractivity contribution in [3.05, 3.63) is 92.7 Å². The maximum atomic E-state index is 16.5. The fourth-order valence-corrected chi connectivity index (χ4v) is 6.97. The van der Waals surface area contributed by atoms with E-state index in [1.54, 1.807) is 30.3 Å². The first kappa shape index (κ1) is 29.4. The van der Waals surface area contributed by atoms with Crippen molar-refractivity contribution >= 4 is 29.1 Å². The van der Waals surface area contributed by atoms with Gasteiger partial charge in [0, 0.05) is 30.1 Å². The smallest absolute Gasteiger partial charge is 0.257 e. The zero-order chi connectivity index (χ0) is 29.6. The van der Waals surface area contributed by atoms with Crippen molar-refractivity contribution in [2.24, 2.45) is 5.92 Å². The van der Waals surface area contributed by atoms with E-state index in [9.17, 15) is 9.90 Å². The number of halogens is 3. The third-order valence-electron chi connectivity index (χ3n) is 9.17. The van der Waals surface area contributed by atoms with Crippen LogP contribution in [-0.2, 0) is 27.3 Å². The molecule has 3 aliphatic rings. The Kier molecular flexibility index (Phi) is 8.02. The lowest BCUT2D eigenvalue weighted by Gasteiger charge is -2.45. The molecule has 0 saturated carbocycles. The third-order valence-corrected chi connectivity index (χ3v) is 9.62. The predicted molar refractivity (Wildman–Crippen MR) is 156 cm³/mol. The zero-order valence-electron chi connectivity index (χ0n) is 23.5. The molecule has 0 spiro atoms. The zero-order valence-corrected chi connectivity index (χ0v) is 25.0. The van der Waals surface area contributed by atoms with E-state index in [4.69, 9.17) is 32.7 Å². The Morgan fingerprint density at radius 3 is 2.36 bits per heavy atom. The van der Waals surface area contributed by atoms with Crippen molar-refractivity contribution in [2.75, 3.05) is 33.4 Å². The van der Waals surface area contributed by atoms with Crippen LogP contribution in [0.4, 0.5) is 4.39 Å². The summed E-state index contributed by atoms with van der Waals surface area (Å²) in [5, 5.41) is 12.9. The van der Waals surface area contributed by atoms with Crippen LogP contribution in [0.3, 0.4) is 0 Å². The summed E-state index contributed by atoms with van der Waals surface area (Å²) < 4.78 is 28.0. The number of aromatic nitrogens is 2. The summed E-state index contributed by atoms with van der Waals surface area (Å²) in [4.78, 5) is 26.6. The van der Waals surface area contributed by atoms with E-state index in [1.165, 1.54) is 30.5 Å². The molecule has 2 aromatic carbocycles. The second-order valence-electron chi connectivity index (χ2n) is 11.2. The number of hydrogen-bond acceptors (Lipinski definition) is 7. The topological polar surface area (TPSA) is 88.0 Å². The van der Waals surface area contributed by atoms with Crippen molar-refractivity contribution in [1.82, 2.24) is 19.8 Å². The first-order chi connectivity index (χ1) is 20.2. The number of benzene rings is 2. The van der Waals surface area contributed by atoms with Crippen LogP contribution in [0.25, 0.3) is 0 Å². The van der Waals surface area contributed by atoms with Gasteiger partial charge in [0.1, 0.15) is 11.6 Å². The minimum atomic E-state index is -1.62. The Bertz CT molecular complexity index is 1470. The highest BCUT2D eigenvalue weighted by Gasteiger charge is 2.55. The van der Waals surface area contributed by atoms with Crippen molar-refractivity contribution < 1.29 is 23.8 Å². The highest BCUT2D eigenvalue weighted by molar-refractivity contribution is 6.30. The summed E-state index contributed by atoms with van der Waals surface area (Å²) in [5.41, 5.74) is -1.81. The number of methoxy groups -OCH3 is 1. The van der Waals surface area contributed by atoms with Crippen LogP contribution in [0.1, 0.15) is 59.1 Å². The van der Waals surface area contributed by atoms with Gasteiger partial charge in [-0.2, -0.15) is 0 Å². The molecule has 42 heavy (non-hydrogen) atoms. The fourth-order valence-electron chi connectivity index (χ4n) is 6.75. The standard InChI is InChI=1S/C31H33Cl2FN4O4/c1-3-30(40,19-8-10-37(11-9-19)24-17-42-18-24)21-12-25-28(26(34)13-21)31(41-2,20-4-6-22(32)7-5-20)38(29(25)39)16-27-35-14-23(33)15-36-27/h4-7,12-15,19,24,40H,3,8-11,16-18H2,1-2H3/t30?,31-/m1/s1. The number of piperidine rings is 1. The van der Waals surface area contributed by atoms with Crippen LogP contribution in [0.15, 0.2) is 48.8 Å². The number of carbonyl (C=O) groups is 1. The first-order valence-corrected chi connectivity index (χ1v) is 14.9. The van der Waals surface area contributed by atoms with Crippen molar-refractivity contribution in [2.45, 2.75) is 50.1 Å². The van der Waals surface area contributed by atoms with E-state index < -0.39 is 23.1 Å². The molecule has 0 aliphatic carbocycles. The molecule has 3 aromatic rings. The van der Waals surface area contributed by atoms with E-state index in [1.807, 2.05) is 6.92 Å². The Balaban J connectivity index is 1.42. The average molecular weight is 616 g/mol. The molecule has 2 atom stereocenters. The summed E-state index contributed by atoms with van der Waals surface area (Å²) in [5.74, 6) is -0.872. The molecule has 222 valence electrons. The predicted octanol–water partition coefficient (Wildman–Crippen LogP) is 5.13. The monoisotopic (exact) mass is 614 g/mol. The van der Waals surface area contributed by atoms with Gasteiger partial charge >= 0.3 is 0 Å². The van der Waals surface area contributed by atoms with E-state index in [-0.39, 0.29) is 23.6 Å². The molecule has 4 heterocycles. The fraction of sp³-hybridized carbons (Fsp3) is 0.452. The van der Waals surface area contributed by atoms with E-state index in [0.717, 1.165) is 39.1 Å². The number of nitrogens with zero attached hydrogens (tertiary/aromatic N) is 4. The Morgan fingerprint density at radius 2 is 1.79 bits per heavy atom. The van der Waals surface area contributed by atoms with Crippen LogP contribution in [-0.4, -0.2) is 70.2 Å². The summed E-state index contributed by atoms with van der Waals surface area (Å²) >= 11 is 12.2. The van der Waals surface area contributed by atoms with Crippen LogP contribution < -0.4 is 0 Å². The molecule has 1 N–H and O–H groups in total. The van der Waals surface area contributed by atoms with Crippen LogP contribution in [0.2, 0.25) is 10.0 Å². The number of carbonyl (C=O) groups excluding carboxylic acids is 1. The van der Waals surface area contributed by atoms with Gasteiger partial charge < -0.3 is 14.6 Å². The SMILES string of the molecule is CCC(O)(c1cc(F)c2c(c1)C(=O)N(Cc1ncc(Cl)cn1)[C@@]2(OC)c1ccc(Cl)cc1)C1CCN(C2COC2)CC1. The van der Waals surface area contributed by atoms with Gasteiger partial charge in [0.05, 0.1) is 47.6 Å². The highest BCUT2D eigenvalue weighted by Crippen LogP contribution is 2.49. The number of aliphatic hydroxyl groups is 1. The summed E-state index contributed by atoms with van der Waals surface area (Å²) in [6, 6.07) is 10.2. The molecule has 0 radical (unpaired) electrons. The first-order valence-electron chi connectivity index (χ1n) is 14.2. The van der Waals surface area contributed by atoms with Crippen LogP contribution in [0.5, 0.6) is 0 Å². The summed E-state index contributed by atoms with van der Waals surface area (Å²) in [7, 11) is 1.43. The second kappa shape index (κ2) is 11.4. The Hall–Kier alpha value is -2.66. The molecule has 1 amide bonds. The number of ether oxygens (including phenoxy) is 2. The molecule has 1 unspecified atom stereocenters. The van der Waals surface area contributed by atoms with Gasteiger partial charge in [-0.15, -0.1) is 0 Å². The Morgan fingerprint density at radius 1 is 1.12 bits per heavy atom. The van der Waals surface area contributed by atoms with Gasteiger partial charge in [0.15, 0.2) is 5.72 Å². The third kappa shape index (κ3) is 4.80. The summed E-state index contributed by atoms with van der Waals surface area (Å²) in [6.07, 6.45) is 4.79. The van der Waals surface area contributed by atoms with E-state index >= 15 is 4.39 Å². The average Bonchev–Trinajstić information content (AvgIpc) is 3.21. The van der Waals surface area contributed by atoms with Gasteiger partial charge in [0.25, 0.3) is 5.91 Å². The number of hydrogen-bond donors (Lipinski definition) is 1. The number of fused-ring (bicyclic) bond motifs is 1. The van der Waals surface area contributed by atoms with Gasteiger partial charge in [-0.25, -0.2) is 14.4 Å². The number of amides is 1. The molecule has 2 fully saturated rings. The molecular weight excluding hydrogens is 582 g/mol. The van der Waals surface area contributed by atoms with Crippen LogP contribution >= 0.6 is 23.2 Å². The molecule has 11 heteroatoms. The normalized spacial score (nSPS) is 23.1. The lowest BCUT2D eigenvalue weighted by molar-refractivity contribution is -0.0975. The van der Waals surface area contributed by atoms with Gasteiger partial charge in [0.2, 0.25) is 0 Å². The van der Waals surface area contributed by atoms with Gasteiger partial charge in [-0.1, -0.05) is 42.3 Å². The summed E-state index contributed by atoms with van der Waals surface area (Å²) in [6.45, 7) is 4.99. The maximum Gasteiger partial charge on any atom is 0.257 e. The maximum absolute atomic E-state index is 16.5.